The molecule has 2 N–H and O–H groups in total. The fourth-order valence-corrected chi connectivity index (χ4v) is 2.71. The molecule has 1 heterocycles. The highest BCUT2D eigenvalue weighted by Gasteiger charge is 2.25. The zero-order valence-corrected chi connectivity index (χ0v) is 12.6. The SMILES string of the molecule is CCCC(N)C(=O)N1CCc2c(Cl)cccc2C1.Cl. The van der Waals surface area contributed by atoms with Gasteiger partial charge in [0, 0.05) is 18.1 Å². The molecule has 3 nitrogen and oxygen atoms in total. The second-order valence-electron chi connectivity index (χ2n) is 4.78. The summed E-state index contributed by atoms with van der Waals surface area (Å²) in [6.45, 7) is 3.39. The van der Waals surface area contributed by atoms with Crippen LogP contribution in [0, 0.1) is 0 Å². The molecule has 0 radical (unpaired) electrons. The Morgan fingerprint density at radius 1 is 1.53 bits per heavy atom. The van der Waals surface area contributed by atoms with Gasteiger partial charge in [0.15, 0.2) is 0 Å². The van der Waals surface area contributed by atoms with Crippen molar-refractivity contribution in [1.82, 2.24) is 4.90 Å². The quantitative estimate of drug-likeness (QED) is 0.933. The van der Waals surface area contributed by atoms with Crippen LogP contribution in [0.2, 0.25) is 5.02 Å². The first-order valence-electron chi connectivity index (χ1n) is 6.44. The van der Waals surface area contributed by atoms with Crippen molar-refractivity contribution in [3.05, 3.63) is 34.3 Å². The molecule has 0 bridgehead atoms. The standard InChI is InChI=1S/C14H19ClN2O.ClH/c1-2-4-13(16)14(18)17-8-7-11-10(9-17)5-3-6-12(11)15;/h3,5-6,13H,2,4,7-9,16H2,1H3;1H. The lowest BCUT2D eigenvalue weighted by Gasteiger charge is -2.31. The number of carbonyl (C=O) groups excluding carboxylic acids is 1. The average molecular weight is 303 g/mol. The Bertz CT molecular complexity index is 451. The number of hydrogen-bond acceptors (Lipinski definition) is 2. The number of fused-ring (bicyclic) bond motifs is 1. The van der Waals surface area contributed by atoms with Crippen LogP contribution in [0.4, 0.5) is 0 Å². The van der Waals surface area contributed by atoms with E-state index in [9.17, 15) is 4.79 Å². The van der Waals surface area contributed by atoms with Crippen molar-refractivity contribution >= 4 is 29.9 Å². The zero-order chi connectivity index (χ0) is 13.1. The van der Waals surface area contributed by atoms with Crippen LogP contribution in [0.5, 0.6) is 0 Å². The first kappa shape index (κ1) is 16.3. The third kappa shape index (κ3) is 3.62. The van der Waals surface area contributed by atoms with Crippen LogP contribution in [-0.2, 0) is 17.8 Å². The molecule has 19 heavy (non-hydrogen) atoms. The van der Waals surface area contributed by atoms with Gasteiger partial charge in [0.25, 0.3) is 0 Å². The van der Waals surface area contributed by atoms with E-state index in [4.69, 9.17) is 17.3 Å². The summed E-state index contributed by atoms with van der Waals surface area (Å²) in [6, 6.07) is 5.50. The third-order valence-electron chi connectivity index (χ3n) is 3.44. The lowest BCUT2D eigenvalue weighted by molar-refractivity contribution is -0.133. The van der Waals surface area contributed by atoms with Crippen molar-refractivity contribution in [3.63, 3.8) is 0 Å². The van der Waals surface area contributed by atoms with Gasteiger partial charge in [-0.25, -0.2) is 0 Å². The molecule has 1 aromatic rings. The molecule has 1 aromatic carbocycles. The summed E-state index contributed by atoms with van der Waals surface area (Å²) in [4.78, 5) is 14.0. The zero-order valence-electron chi connectivity index (χ0n) is 11.1. The molecular weight excluding hydrogens is 283 g/mol. The van der Waals surface area contributed by atoms with E-state index in [2.05, 4.69) is 0 Å². The highest BCUT2D eigenvalue weighted by Crippen LogP contribution is 2.26. The van der Waals surface area contributed by atoms with Crippen LogP contribution in [0.1, 0.15) is 30.9 Å². The molecule has 106 valence electrons. The minimum atomic E-state index is -0.365. The van der Waals surface area contributed by atoms with E-state index in [1.165, 1.54) is 5.56 Å². The smallest absolute Gasteiger partial charge is 0.239 e. The van der Waals surface area contributed by atoms with Crippen molar-refractivity contribution in [2.24, 2.45) is 5.73 Å². The van der Waals surface area contributed by atoms with E-state index in [0.29, 0.717) is 13.1 Å². The predicted octanol–water partition coefficient (Wildman–Crippen LogP) is 2.77. The number of carbonyl (C=O) groups is 1. The third-order valence-corrected chi connectivity index (χ3v) is 3.79. The highest BCUT2D eigenvalue weighted by atomic mass is 35.5. The van der Waals surface area contributed by atoms with Crippen LogP contribution in [0.15, 0.2) is 18.2 Å². The molecule has 0 aliphatic carbocycles. The van der Waals surface area contributed by atoms with Gasteiger partial charge in [0.2, 0.25) is 5.91 Å². The number of nitrogens with two attached hydrogens (primary N) is 1. The van der Waals surface area contributed by atoms with Crippen LogP contribution in [0.3, 0.4) is 0 Å². The minimum Gasteiger partial charge on any atom is -0.337 e. The van der Waals surface area contributed by atoms with Crippen LogP contribution < -0.4 is 5.73 Å². The Hall–Kier alpha value is -0.770. The van der Waals surface area contributed by atoms with Gasteiger partial charge in [-0.05, 0) is 30.0 Å². The molecule has 2 rings (SSSR count). The van der Waals surface area contributed by atoms with E-state index >= 15 is 0 Å². The molecule has 0 saturated carbocycles. The molecule has 0 saturated heterocycles. The molecule has 1 unspecified atom stereocenters. The molecule has 0 spiro atoms. The normalized spacial score (nSPS) is 15.4. The summed E-state index contributed by atoms with van der Waals surface area (Å²) in [6.07, 6.45) is 2.50. The van der Waals surface area contributed by atoms with Gasteiger partial charge in [0.05, 0.1) is 6.04 Å². The topological polar surface area (TPSA) is 46.3 Å². The fourth-order valence-electron chi connectivity index (χ4n) is 2.42. The number of rotatable bonds is 3. The number of amides is 1. The van der Waals surface area contributed by atoms with Crippen molar-refractivity contribution in [2.75, 3.05) is 6.54 Å². The summed E-state index contributed by atoms with van der Waals surface area (Å²) in [5.41, 5.74) is 8.21. The van der Waals surface area contributed by atoms with Crippen molar-refractivity contribution in [1.29, 1.82) is 0 Å². The minimum absolute atomic E-state index is 0. The number of benzene rings is 1. The fraction of sp³-hybridized carbons (Fsp3) is 0.500. The van der Waals surface area contributed by atoms with Crippen LogP contribution in [0.25, 0.3) is 0 Å². The second kappa shape index (κ2) is 7.13. The van der Waals surface area contributed by atoms with E-state index < -0.39 is 0 Å². The number of halogens is 2. The Morgan fingerprint density at radius 3 is 2.95 bits per heavy atom. The maximum absolute atomic E-state index is 12.2. The monoisotopic (exact) mass is 302 g/mol. The molecular formula is C14H20Cl2N2O. The van der Waals surface area contributed by atoms with Gasteiger partial charge < -0.3 is 10.6 Å². The number of hydrogen-bond donors (Lipinski definition) is 1. The molecule has 0 aromatic heterocycles. The van der Waals surface area contributed by atoms with Crippen LogP contribution >= 0.6 is 24.0 Å². The molecule has 0 fully saturated rings. The molecule has 5 heteroatoms. The summed E-state index contributed by atoms with van der Waals surface area (Å²) in [5, 5.41) is 0.803. The maximum atomic E-state index is 12.2. The van der Waals surface area contributed by atoms with Gasteiger partial charge >= 0.3 is 0 Å². The molecule has 1 aliphatic rings. The average Bonchev–Trinajstić information content (AvgIpc) is 2.38. The lowest BCUT2D eigenvalue weighted by Crippen LogP contribution is -2.45. The first-order valence-corrected chi connectivity index (χ1v) is 6.82. The van der Waals surface area contributed by atoms with Crippen molar-refractivity contribution < 1.29 is 4.79 Å². The van der Waals surface area contributed by atoms with E-state index in [1.807, 2.05) is 30.0 Å². The van der Waals surface area contributed by atoms with Crippen LogP contribution in [-0.4, -0.2) is 23.4 Å². The lowest BCUT2D eigenvalue weighted by atomic mass is 9.99. The Labute approximate surface area is 125 Å². The van der Waals surface area contributed by atoms with Gasteiger partial charge in [0.1, 0.15) is 0 Å². The Balaban J connectivity index is 0.00000180. The Morgan fingerprint density at radius 2 is 2.26 bits per heavy atom. The van der Waals surface area contributed by atoms with Gasteiger partial charge in [-0.15, -0.1) is 12.4 Å². The van der Waals surface area contributed by atoms with Crippen molar-refractivity contribution in [3.8, 4) is 0 Å². The van der Waals surface area contributed by atoms with Gasteiger partial charge in [-0.3, -0.25) is 4.79 Å². The maximum Gasteiger partial charge on any atom is 0.239 e. The van der Waals surface area contributed by atoms with E-state index in [-0.39, 0.29) is 24.4 Å². The molecule has 1 atom stereocenters. The number of nitrogens with zero attached hydrogens (tertiary/aromatic N) is 1. The summed E-state index contributed by atoms with van der Waals surface area (Å²) in [5.74, 6) is 0.0578. The van der Waals surface area contributed by atoms with Gasteiger partial charge in [-0.1, -0.05) is 37.1 Å². The predicted molar refractivity (Wildman–Crippen MR) is 80.7 cm³/mol. The summed E-state index contributed by atoms with van der Waals surface area (Å²) < 4.78 is 0. The highest BCUT2D eigenvalue weighted by molar-refractivity contribution is 6.31. The largest absolute Gasteiger partial charge is 0.337 e. The Kier molecular flexibility index (Phi) is 6.11. The second-order valence-corrected chi connectivity index (χ2v) is 5.19. The van der Waals surface area contributed by atoms with E-state index in [0.717, 1.165) is 29.8 Å². The summed E-state index contributed by atoms with van der Waals surface area (Å²) >= 11 is 6.15. The van der Waals surface area contributed by atoms with E-state index in [1.54, 1.807) is 0 Å². The summed E-state index contributed by atoms with van der Waals surface area (Å²) in [7, 11) is 0. The molecule has 1 amide bonds. The van der Waals surface area contributed by atoms with Crippen molar-refractivity contribution in [2.45, 2.75) is 38.8 Å². The first-order chi connectivity index (χ1) is 8.63. The molecule has 1 aliphatic heterocycles. The van der Waals surface area contributed by atoms with Gasteiger partial charge in [-0.2, -0.15) is 0 Å².